The van der Waals surface area contributed by atoms with E-state index in [9.17, 15) is 4.79 Å². The number of rotatable bonds is 4. The van der Waals surface area contributed by atoms with E-state index in [4.69, 9.17) is 5.73 Å². The lowest BCUT2D eigenvalue weighted by Crippen LogP contribution is -2.25. The topological polar surface area (TPSA) is 55.1 Å². The molecule has 0 aliphatic heterocycles. The van der Waals surface area contributed by atoms with E-state index in [0.29, 0.717) is 18.7 Å². The summed E-state index contributed by atoms with van der Waals surface area (Å²) >= 11 is 3.17. The Labute approximate surface area is 104 Å². The fraction of sp³-hybridized carbons (Fsp3) is 0.364. The third-order valence-electron chi connectivity index (χ3n) is 1.77. The van der Waals surface area contributed by atoms with Gasteiger partial charge in [0.25, 0.3) is 5.91 Å². The van der Waals surface area contributed by atoms with Crippen LogP contribution >= 0.6 is 23.1 Å². The SMILES string of the molecule is CSCCNC(=O)c1csc(C#CCN)c1. The van der Waals surface area contributed by atoms with Crippen molar-refractivity contribution < 1.29 is 4.79 Å². The van der Waals surface area contributed by atoms with E-state index in [1.165, 1.54) is 11.3 Å². The van der Waals surface area contributed by atoms with E-state index < -0.39 is 0 Å². The molecule has 0 saturated heterocycles. The van der Waals surface area contributed by atoms with E-state index in [1.807, 2.05) is 11.6 Å². The molecule has 1 heterocycles. The molecule has 0 aromatic carbocycles. The van der Waals surface area contributed by atoms with E-state index in [0.717, 1.165) is 10.6 Å². The van der Waals surface area contributed by atoms with Crippen LogP contribution in [0.25, 0.3) is 0 Å². The molecule has 16 heavy (non-hydrogen) atoms. The molecule has 3 nitrogen and oxygen atoms in total. The fourth-order valence-corrected chi connectivity index (χ4v) is 2.09. The predicted octanol–water partition coefficient (Wildman–Crippen LogP) is 1.15. The second-order valence-corrected chi connectivity index (χ2v) is 4.85. The van der Waals surface area contributed by atoms with Crippen molar-refractivity contribution in [1.82, 2.24) is 5.32 Å². The Morgan fingerprint density at radius 1 is 1.69 bits per heavy atom. The van der Waals surface area contributed by atoms with Crippen LogP contribution in [-0.4, -0.2) is 31.0 Å². The Morgan fingerprint density at radius 3 is 3.19 bits per heavy atom. The average molecular weight is 254 g/mol. The van der Waals surface area contributed by atoms with E-state index >= 15 is 0 Å². The van der Waals surface area contributed by atoms with Crippen LogP contribution < -0.4 is 11.1 Å². The fourth-order valence-electron chi connectivity index (χ4n) is 1.03. The van der Waals surface area contributed by atoms with Gasteiger partial charge in [0.15, 0.2) is 0 Å². The molecule has 0 fully saturated rings. The standard InChI is InChI=1S/C11H14N2OS2/c1-15-6-5-13-11(14)9-7-10(16-8-9)3-2-4-12/h7-8H,4-6,12H2,1H3,(H,13,14). The predicted molar refractivity (Wildman–Crippen MR) is 71.0 cm³/mol. The van der Waals surface area contributed by atoms with E-state index in [1.54, 1.807) is 17.8 Å². The Kier molecular flexibility index (Phi) is 6.01. The maximum Gasteiger partial charge on any atom is 0.252 e. The van der Waals surface area contributed by atoms with Crippen LogP contribution in [0.5, 0.6) is 0 Å². The highest BCUT2D eigenvalue weighted by Gasteiger charge is 2.06. The van der Waals surface area contributed by atoms with Crippen LogP contribution in [0.4, 0.5) is 0 Å². The average Bonchev–Trinajstić information content (AvgIpc) is 2.75. The van der Waals surface area contributed by atoms with Gasteiger partial charge < -0.3 is 11.1 Å². The second kappa shape index (κ2) is 7.34. The van der Waals surface area contributed by atoms with Gasteiger partial charge in [-0.25, -0.2) is 0 Å². The first-order valence-electron chi connectivity index (χ1n) is 4.82. The Morgan fingerprint density at radius 2 is 2.50 bits per heavy atom. The summed E-state index contributed by atoms with van der Waals surface area (Å²) in [5.74, 6) is 6.56. The minimum absolute atomic E-state index is 0.0360. The molecule has 0 saturated carbocycles. The van der Waals surface area contributed by atoms with Gasteiger partial charge in [0.2, 0.25) is 0 Å². The molecule has 0 unspecified atom stereocenters. The van der Waals surface area contributed by atoms with Crippen molar-refractivity contribution in [2.75, 3.05) is 25.1 Å². The molecule has 3 N–H and O–H groups in total. The van der Waals surface area contributed by atoms with Gasteiger partial charge in [-0.1, -0.05) is 11.8 Å². The van der Waals surface area contributed by atoms with Gasteiger partial charge in [0.05, 0.1) is 17.0 Å². The summed E-state index contributed by atoms with van der Waals surface area (Å²) in [6.07, 6.45) is 2.01. The number of nitrogens with one attached hydrogen (secondary N) is 1. The van der Waals surface area contributed by atoms with Gasteiger partial charge in [-0.3, -0.25) is 4.79 Å². The van der Waals surface area contributed by atoms with Gasteiger partial charge >= 0.3 is 0 Å². The minimum Gasteiger partial charge on any atom is -0.351 e. The molecule has 5 heteroatoms. The van der Waals surface area contributed by atoms with Gasteiger partial charge in [-0.05, 0) is 12.3 Å². The highest BCUT2D eigenvalue weighted by Crippen LogP contribution is 2.13. The molecule has 86 valence electrons. The van der Waals surface area contributed by atoms with Crippen LogP contribution in [-0.2, 0) is 0 Å². The maximum absolute atomic E-state index is 11.6. The molecule has 0 aliphatic carbocycles. The summed E-state index contributed by atoms with van der Waals surface area (Å²) in [6.45, 7) is 1.03. The van der Waals surface area contributed by atoms with Crippen LogP contribution in [0.15, 0.2) is 11.4 Å². The van der Waals surface area contributed by atoms with Crippen molar-refractivity contribution in [3.63, 3.8) is 0 Å². The molecule has 1 rings (SSSR count). The van der Waals surface area contributed by atoms with Crippen LogP contribution in [0.3, 0.4) is 0 Å². The highest BCUT2D eigenvalue weighted by atomic mass is 32.2. The zero-order valence-electron chi connectivity index (χ0n) is 9.08. The molecule has 0 atom stereocenters. The zero-order chi connectivity index (χ0) is 11.8. The molecule has 0 bridgehead atoms. The van der Waals surface area contributed by atoms with Crippen molar-refractivity contribution in [3.8, 4) is 11.8 Å². The maximum atomic E-state index is 11.6. The molecule has 1 amide bonds. The largest absolute Gasteiger partial charge is 0.351 e. The Hall–Kier alpha value is -0.960. The molecular weight excluding hydrogens is 240 g/mol. The van der Waals surface area contributed by atoms with Gasteiger partial charge in [0, 0.05) is 17.7 Å². The summed E-state index contributed by atoms with van der Waals surface area (Å²) in [6, 6.07) is 1.79. The lowest BCUT2D eigenvalue weighted by atomic mass is 10.3. The monoisotopic (exact) mass is 254 g/mol. The number of thiophene rings is 1. The number of nitrogens with two attached hydrogens (primary N) is 1. The quantitative estimate of drug-likeness (QED) is 0.626. The lowest BCUT2D eigenvalue weighted by molar-refractivity contribution is 0.0956. The van der Waals surface area contributed by atoms with Crippen LogP contribution in [0.1, 0.15) is 15.2 Å². The van der Waals surface area contributed by atoms with Gasteiger partial charge in [0.1, 0.15) is 0 Å². The van der Waals surface area contributed by atoms with Gasteiger partial charge in [-0.15, -0.1) is 11.3 Å². The number of hydrogen-bond donors (Lipinski definition) is 2. The molecule has 0 aliphatic rings. The summed E-state index contributed by atoms with van der Waals surface area (Å²) in [5.41, 5.74) is 5.95. The van der Waals surface area contributed by atoms with Crippen molar-refractivity contribution in [3.05, 3.63) is 21.9 Å². The van der Waals surface area contributed by atoms with E-state index in [-0.39, 0.29) is 5.91 Å². The normalized spacial score (nSPS) is 9.38. The first-order valence-corrected chi connectivity index (χ1v) is 7.10. The molecule has 0 radical (unpaired) electrons. The van der Waals surface area contributed by atoms with Crippen LogP contribution in [0.2, 0.25) is 0 Å². The minimum atomic E-state index is -0.0360. The first-order chi connectivity index (χ1) is 7.77. The number of hydrogen-bond acceptors (Lipinski definition) is 4. The Bertz CT molecular complexity index is 404. The summed E-state index contributed by atoms with van der Waals surface area (Å²) < 4.78 is 0. The van der Waals surface area contributed by atoms with E-state index in [2.05, 4.69) is 17.2 Å². The number of amides is 1. The zero-order valence-corrected chi connectivity index (χ0v) is 10.7. The number of thioether (sulfide) groups is 1. The summed E-state index contributed by atoms with van der Waals surface area (Å²) in [4.78, 5) is 12.5. The van der Waals surface area contributed by atoms with Crippen LogP contribution in [0, 0.1) is 11.8 Å². The van der Waals surface area contributed by atoms with Gasteiger partial charge in [-0.2, -0.15) is 11.8 Å². The summed E-state index contributed by atoms with van der Waals surface area (Å²) in [5, 5.41) is 4.66. The third-order valence-corrected chi connectivity index (χ3v) is 3.23. The summed E-state index contributed by atoms with van der Waals surface area (Å²) in [7, 11) is 0. The third kappa shape index (κ3) is 4.27. The second-order valence-electron chi connectivity index (χ2n) is 2.95. The Balaban J connectivity index is 2.53. The van der Waals surface area contributed by atoms with Crippen molar-refractivity contribution in [2.24, 2.45) is 5.73 Å². The molecule has 1 aromatic heterocycles. The van der Waals surface area contributed by atoms with Crippen molar-refractivity contribution in [2.45, 2.75) is 0 Å². The smallest absolute Gasteiger partial charge is 0.252 e. The van der Waals surface area contributed by atoms with Crippen molar-refractivity contribution in [1.29, 1.82) is 0 Å². The lowest BCUT2D eigenvalue weighted by Gasteiger charge is -2.00. The molecule has 1 aromatic rings. The number of carbonyl (C=O) groups excluding carboxylic acids is 1. The first kappa shape index (κ1) is 13.1. The molecule has 0 spiro atoms. The molecular formula is C11H14N2OS2. The number of carbonyl (C=O) groups is 1. The highest BCUT2D eigenvalue weighted by molar-refractivity contribution is 7.98. The van der Waals surface area contributed by atoms with Crippen molar-refractivity contribution >= 4 is 29.0 Å².